The molecule has 0 radical (unpaired) electrons. The highest BCUT2D eigenvalue weighted by Crippen LogP contribution is 2.47. The van der Waals surface area contributed by atoms with Gasteiger partial charge in [0.2, 0.25) is 0 Å². The van der Waals surface area contributed by atoms with E-state index >= 15 is 0 Å². The summed E-state index contributed by atoms with van der Waals surface area (Å²) >= 11 is 0. The van der Waals surface area contributed by atoms with Crippen molar-refractivity contribution in [1.82, 2.24) is 10.3 Å². The van der Waals surface area contributed by atoms with Gasteiger partial charge in [0.15, 0.2) is 0 Å². The zero-order chi connectivity index (χ0) is 17.6. The minimum atomic E-state index is 0.155. The van der Waals surface area contributed by atoms with Gasteiger partial charge in [-0.3, -0.25) is 4.98 Å². The number of methoxy groups -OCH3 is 1. The van der Waals surface area contributed by atoms with Gasteiger partial charge < -0.3 is 10.1 Å². The monoisotopic (exact) mass is 344 g/mol. The highest BCUT2D eigenvalue weighted by Gasteiger charge is 2.46. The summed E-state index contributed by atoms with van der Waals surface area (Å²) in [6.45, 7) is 2.14. The third kappa shape index (κ3) is 2.42. The van der Waals surface area contributed by atoms with Gasteiger partial charge in [0.25, 0.3) is 0 Å². The van der Waals surface area contributed by atoms with Crippen LogP contribution in [0, 0.1) is 5.92 Å². The molecule has 26 heavy (non-hydrogen) atoms. The molecule has 5 rings (SSSR count). The van der Waals surface area contributed by atoms with Crippen LogP contribution in [-0.2, 0) is 18.3 Å². The van der Waals surface area contributed by atoms with E-state index in [9.17, 15) is 0 Å². The third-order valence-electron chi connectivity index (χ3n) is 6.41. The molecular formula is C23H24N2O. The second-order valence-corrected chi connectivity index (χ2v) is 7.71. The quantitative estimate of drug-likeness (QED) is 0.766. The lowest BCUT2D eigenvalue weighted by atomic mass is 9.59. The first-order valence-electron chi connectivity index (χ1n) is 9.51. The Labute approximate surface area is 154 Å². The standard InChI is InChI=1S/C23H24N2O/c1-26-20-7-4-6-18(13-20)23-9-10-24-15-19(23)12-17-11-16-5-2-3-8-21(16)25-22(17)14-23/h2-8,11,13,19,24H,9-10,12,14-15H2,1H3/t19-,23+/m0/s1. The summed E-state index contributed by atoms with van der Waals surface area (Å²) in [7, 11) is 1.75. The molecule has 1 N–H and O–H groups in total. The molecule has 2 heterocycles. The van der Waals surface area contributed by atoms with E-state index in [-0.39, 0.29) is 5.41 Å². The number of rotatable bonds is 2. The molecular weight excluding hydrogens is 320 g/mol. The van der Waals surface area contributed by atoms with Gasteiger partial charge in [-0.25, -0.2) is 0 Å². The van der Waals surface area contributed by atoms with Gasteiger partial charge in [0, 0.05) is 22.9 Å². The van der Waals surface area contributed by atoms with E-state index in [4.69, 9.17) is 9.72 Å². The molecule has 3 heteroatoms. The number of pyridine rings is 1. The fourth-order valence-electron chi connectivity index (χ4n) is 5.00. The highest BCUT2D eigenvalue weighted by atomic mass is 16.5. The lowest BCUT2D eigenvalue weighted by molar-refractivity contribution is 0.181. The van der Waals surface area contributed by atoms with E-state index in [0.717, 1.165) is 43.6 Å². The van der Waals surface area contributed by atoms with E-state index in [1.54, 1.807) is 7.11 Å². The van der Waals surface area contributed by atoms with Gasteiger partial charge in [-0.15, -0.1) is 0 Å². The van der Waals surface area contributed by atoms with Crippen molar-refractivity contribution < 1.29 is 4.74 Å². The Kier molecular flexibility index (Phi) is 3.71. The summed E-state index contributed by atoms with van der Waals surface area (Å²) in [4.78, 5) is 5.07. The molecule has 2 aliphatic rings. The highest BCUT2D eigenvalue weighted by molar-refractivity contribution is 5.79. The molecule has 1 saturated heterocycles. The number of piperidine rings is 1. The van der Waals surface area contributed by atoms with Gasteiger partial charge in [-0.2, -0.15) is 0 Å². The van der Waals surface area contributed by atoms with E-state index in [2.05, 4.69) is 53.8 Å². The number of ether oxygens (including phenoxy) is 1. The summed E-state index contributed by atoms with van der Waals surface area (Å²) in [5, 5.41) is 4.88. The van der Waals surface area contributed by atoms with Crippen molar-refractivity contribution in [1.29, 1.82) is 0 Å². The van der Waals surface area contributed by atoms with E-state index < -0.39 is 0 Å². The van der Waals surface area contributed by atoms with E-state index in [0.29, 0.717) is 5.92 Å². The zero-order valence-corrected chi connectivity index (χ0v) is 15.2. The van der Waals surface area contributed by atoms with Crippen molar-refractivity contribution in [2.45, 2.75) is 24.7 Å². The van der Waals surface area contributed by atoms with Crippen LogP contribution < -0.4 is 10.1 Å². The smallest absolute Gasteiger partial charge is 0.119 e. The molecule has 0 spiro atoms. The summed E-state index contributed by atoms with van der Waals surface area (Å²) in [6, 6.07) is 19.5. The van der Waals surface area contributed by atoms with Gasteiger partial charge in [0.1, 0.15) is 5.75 Å². The van der Waals surface area contributed by atoms with Crippen molar-refractivity contribution in [3.05, 3.63) is 71.4 Å². The molecule has 1 aliphatic heterocycles. The SMILES string of the molecule is COc1cccc([C@]23CCNC[C@@H]2Cc2cc4ccccc4nc2C3)c1. The van der Waals surface area contributed by atoms with Crippen LogP contribution >= 0.6 is 0 Å². The Morgan fingerprint density at radius 3 is 2.96 bits per heavy atom. The number of hydrogen-bond donors (Lipinski definition) is 1. The Balaban J connectivity index is 1.65. The number of para-hydroxylation sites is 1. The van der Waals surface area contributed by atoms with Gasteiger partial charge in [-0.1, -0.05) is 30.3 Å². The van der Waals surface area contributed by atoms with Crippen LogP contribution in [0.25, 0.3) is 10.9 Å². The molecule has 1 aromatic heterocycles. The predicted molar refractivity (Wildman–Crippen MR) is 105 cm³/mol. The van der Waals surface area contributed by atoms with Crippen LogP contribution in [0.5, 0.6) is 5.75 Å². The molecule has 2 aromatic carbocycles. The predicted octanol–water partition coefficient (Wildman–Crippen LogP) is 3.89. The first kappa shape index (κ1) is 15.8. The third-order valence-corrected chi connectivity index (χ3v) is 6.41. The summed E-state index contributed by atoms with van der Waals surface area (Å²) in [5.74, 6) is 1.55. The van der Waals surface area contributed by atoms with Crippen molar-refractivity contribution in [2.24, 2.45) is 5.92 Å². The van der Waals surface area contributed by atoms with Gasteiger partial charge in [0.05, 0.1) is 12.6 Å². The Bertz CT molecular complexity index is 967. The maximum atomic E-state index is 5.52. The van der Waals surface area contributed by atoms with Crippen molar-refractivity contribution in [3.8, 4) is 5.75 Å². The number of nitrogens with zero attached hydrogens (tertiary/aromatic N) is 1. The molecule has 2 atom stereocenters. The molecule has 132 valence electrons. The van der Waals surface area contributed by atoms with E-state index in [1.165, 1.54) is 22.2 Å². The van der Waals surface area contributed by atoms with Crippen molar-refractivity contribution in [3.63, 3.8) is 0 Å². The fourth-order valence-corrected chi connectivity index (χ4v) is 5.00. The normalized spacial score (nSPS) is 24.7. The number of fused-ring (bicyclic) bond motifs is 3. The average molecular weight is 344 g/mol. The maximum Gasteiger partial charge on any atom is 0.119 e. The first-order chi connectivity index (χ1) is 12.8. The van der Waals surface area contributed by atoms with E-state index in [1.807, 2.05) is 6.07 Å². The molecule has 0 unspecified atom stereocenters. The number of aromatic nitrogens is 1. The molecule has 3 nitrogen and oxygen atoms in total. The summed E-state index contributed by atoms with van der Waals surface area (Å²) in [6.07, 6.45) is 3.27. The lowest BCUT2D eigenvalue weighted by Gasteiger charge is -2.48. The van der Waals surface area contributed by atoms with Crippen LogP contribution in [0.4, 0.5) is 0 Å². The molecule has 0 bridgehead atoms. The van der Waals surface area contributed by atoms with Gasteiger partial charge >= 0.3 is 0 Å². The molecule has 0 amide bonds. The second kappa shape index (κ2) is 6.10. The Hall–Kier alpha value is -2.39. The molecule has 1 aliphatic carbocycles. The Morgan fingerprint density at radius 2 is 2.04 bits per heavy atom. The molecule has 0 saturated carbocycles. The largest absolute Gasteiger partial charge is 0.497 e. The van der Waals surface area contributed by atoms with Crippen molar-refractivity contribution >= 4 is 10.9 Å². The Morgan fingerprint density at radius 1 is 1.12 bits per heavy atom. The number of nitrogens with one attached hydrogen (secondary N) is 1. The summed E-state index contributed by atoms with van der Waals surface area (Å²) in [5.41, 5.74) is 5.38. The first-order valence-corrected chi connectivity index (χ1v) is 9.51. The minimum absolute atomic E-state index is 0.155. The number of benzene rings is 2. The lowest BCUT2D eigenvalue weighted by Crippen LogP contribution is -2.52. The van der Waals surface area contributed by atoms with Crippen LogP contribution in [-0.4, -0.2) is 25.2 Å². The number of hydrogen-bond acceptors (Lipinski definition) is 3. The minimum Gasteiger partial charge on any atom is -0.497 e. The summed E-state index contributed by atoms with van der Waals surface area (Å²) < 4.78 is 5.52. The molecule has 3 aromatic rings. The topological polar surface area (TPSA) is 34.1 Å². The average Bonchev–Trinajstić information content (AvgIpc) is 2.70. The van der Waals surface area contributed by atoms with Crippen LogP contribution in [0.2, 0.25) is 0 Å². The van der Waals surface area contributed by atoms with Gasteiger partial charge in [-0.05, 0) is 67.2 Å². The van der Waals surface area contributed by atoms with Crippen LogP contribution in [0.3, 0.4) is 0 Å². The fraction of sp³-hybridized carbons (Fsp3) is 0.348. The van der Waals surface area contributed by atoms with Crippen LogP contribution in [0.15, 0.2) is 54.6 Å². The molecule has 1 fully saturated rings. The maximum absolute atomic E-state index is 5.52. The van der Waals surface area contributed by atoms with Crippen molar-refractivity contribution in [2.75, 3.05) is 20.2 Å². The zero-order valence-electron chi connectivity index (χ0n) is 15.2. The van der Waals surface area contributed by atoms with Crippen LogP contribution in [0.1, 0.15) is 23.2 Å². The second-order valence-electron chi connectivity index (χ2n) is 7.71.